The maximum Gasteiger partial charge on any atom is 0.183 e. The summed E-state index contributed by atoms with van der Waals surface area (Å²) in [7, 11) is 0. The normalized spacial score (nSPS) is 15.3. The van der Waals surface area contributed by atoms with Crippen molar-refractivity contribution in [2.24, 2.45) is 0 Å². The molecule has 0 saturated heterocycles. The second-order valence-corrected chi connectivity index (χ2v) is 5.82. The summed E-state index contributed by atoms with van der Waals surface area (Å²) in [5.41, 5.74) is 0.171. The van der Waals surface area contributed by atoms with Crippen LogP contribution in [0.5, 0.6) is 0 Å². The second kappa shape index (κ2) is 5.53. The van der Waals surface area contributed by atoms with Crippen molar-refractivity contribution in [3.05, 3.63) is 21.0 Å². The Morgan fingerprint density at radius 1 is 1.33 bits per heavy atom. The summed E-state index contributed by atoms with van der Waals surface area (Å²) < 4.78 is 7.54. The van der Waals surface area contributed by atoms with E-state index >= 15 is 0 Å². The average Bonchev–Trinajstić information content (AvgIpc) is 2.56. The largest absolute Gasteiger partial charge is 0.453 e. The van der Waals surface area contributed by atoms with Gasteiger partial charge in [-0.25, -0.2) is 0 Å². The lowest BCUT2D eigenvalue weighted by molar-refractivity contribution is 0.315. The van der Waals surface area contributed by atoms with Crippen LogP contribution in [-0.4, -0.2) is 0 Å². The minimum Gasteiger partial charge on any atom is -0.453 e. The SMILES string of the molecule is CCCCC(C)(CC)c1cc(Br)c(Br)o1. The van der Waals surface area contributed by atoms with Crippen molar-refractivity contribution < 1.29 is 4.42 Å². The molecule has 0 amide bonds. The molecule has 1 aromatic rings. The summed E-state index contributed by atoms with van der Waals surface area (Å²) in [4.78, 5) is 0. The molecule has 1 nitrogen and oxygen atoms in total. The number of rotatable bonds is 5. The van der Waals surface area contributed by atoms with Gasteiger partial charge in [-0.15, -0.1) is 0 Å². The summed E-state index contributed by atoms with van der Waals surface area (Å²) in [5.74, 6) is 1.08. The van der Waals surface area contributed by atoms with E-state index in [1.54, 1.807) is 0 Å². The van der Waals surface area contributed by atoms with Gasteiger partial charge in [0.1, 0.15) is 5.76 Å². The van der Waals surface area contributed by atoms with Gasteiger partial charge in [0, 0.05) is 5.41 Å². The predicted molar refractivity (Wildman–Crippen MR) is 71.3 cm³/mol. The Balaban J connectivity index is 2.89. The first-order valence-electron chi connectivity index (χ1n) is 5.48. The topological polar surface area (TPSA) is 13.1 Å². The zero-order valence-electron chi connectivity index (χ0n) is 9.57. The molecule has 1 rings (SSSR count). The fourth-order valence-corrected chi connectivity index (χ4v) is 2.26. The highest BCUT2D eigenvalue weighted by molar-refractivity contribution is 9.13. The van der Waals surface area contributed by atoms with E-state index in [9.17, 15) is 0 Å². The maximum atomic E-state index is 5.74. The molecule has 1 aromatic heterocycles. The van der Waals surface area contributed by atoms with Gasteiger partial charge in [0.05, 0.1) is 4.47 Å². The molecule has 0 aliphatic heterocycles. The molecule has 0 fully saturated rings. The number of hydrogen-bond donors (Lipinski definition) is 0. The van der Waals surface area contributed by atoms with E-state index in [1.165, 1.54) is 19.3 Å². The van der Waals surface area contributed by atoms with E-state index in [0.717, 1.165) is 21.3 Å². The van der Waals surface area contributed by atoms with Gasteiger partial charge in [-0.1, -0.05) is 33.6 Å². The van der Waals surface area contributed by atoms with Crippen LogP contribution < -0.4 is 0 Å². The summed E-state index contributed by atoms with van der Waals surface area (Å²) in [5, 5.41) is 0. The van der Waals surface area contributed by atoms with E-state index in [2.05, 4.69) is 58.7 Å². The lowest BCUT2D eigenvalue weighted by Gasteiger charge is -2.25. The molecule has 1 atom stereocenters. The monoisotopic (exact) mass is 336 g/mol. The van der Waals surface area contributed by atoms with Gasteiger partial charge in [0.2, 0.25) is 0 Å². The van der Waals surface area contributed by atoms with Crippen LogP contribution in [0, 0.1) is 0 Å². The van der Waals surface area contributed by atoms with Gasteiger partial charge in [-0.05, 0) is 50.8 Å². The van der Waals surface area contributed by atoms with Crippen molar-refractivity contribution in [2.75, 3.05) is 0 Å². The summed E-state index contributed by atoms with van der Waals surface area (Å²) in [6.45, 7) is 6.73. The lowest BCUT2D eigenvalue weighted by atomic mass is 9.80. The molecule has 1 heterocycles. The third kappa shape index (κ3) is 3.10. The van der Waals surface area contributed by atoms with Gasteiger partial charge in [0.25, 0.3) is 0 Å². The van der Waals surface area contributed by atoms with E-state index in [-0.39, 0.29) is 5.41 Å². The highest BCUT2D eigenvalue weighted by Crippen LogP contribution is 2.38. The van der Waals surface area contributed by atoms with E-state index in [0.29, 0.717) is 0 Å². The van der Waals surface area contributed by atoms with Crippen molar-refractivity contribution in [1.82, 2.24) is 0 Å². The molecule has 0 saturated carbocycles. The van der Waals surface area contributed by atoms with Crippen LogP contribution in [0.2, 0.25) is 0 Å². The van der Waals surface area contributed by atoms with Crippen LogP contribution in [0.25, 0.3) is 0 Å². The molecule has 0 N–H and O–H groups in total. The van der Waals surface area contributed by atoms with Crippen molar-refractivity contribution in [2.45, 2.75) is 51.9 Å². The molecular formula is C12H18Br2O. The summed E-state index contributed by atoms with van der Waals surface area (Å²) in [6.07, 6.45) is 4.78. The minimum atomic E-state index is 0.171. The lowest BCUT2D eigenvalue weighted by Crippen LogP contribution is -2.19. The van der Waals surface area contributed by atoms with Crippen LogP contribution in [0.1, 0.15) is 52.2 Å². The Morgan fingerprint density at radius 3 is 2.40 bits per heavy atom. The number of halogens is 2. The fraction of sp³-hybridized carbons (Fsp3) is 0.667. The van der Waals surface area contributed by atoms with Crippen molar-refractivity contribution >= 4 is 31.9 Å². The molecule has 0 spiro atoms. The first-order chi connectivity index (χ1) is 7.03. The predicted octanol–water partition coefficient (Wildman–Crippen LogP) is 5.66. The van der Waals surface area contributed by atoms with Gasteiger partial charge in [0.15, 0.2) is 4.67 Å². The van der Waals surface area contributed by atoms with Crippen molar-refractivity contribution in [3.63, 3.8) is 0 Å². The molecule has 15 heavy (non-hydrogen) atoms. The molecule has 0 aliphatic rings. The standard InChI is InChI=1S/C12H18Br2O/c1-4-6-7-12(3,5-2)10-8-9(13)11(14)15-10/h8H,4-7H2,1-3H3. The number of furan rings is 1. The third-order valence-electron chi connectivity index (χ3n) is 3.10. The number of unbranched alkanes of at least 4 members (excludes halogenated alkanes) is 1. The van der Waals surface area contributed by atoms with Gasteiger partial charge in [-0.2, -0.15) is 0 Å². The minimum absolute atomic E-state index is 0.171. The molecule has 0 aromatic carbocycles. The van der Waals surface area contributed by atoms with Crippen LogP contribution in [0.15, 0.2) is 19.6 Å². The Kier molecular flexibility index (Phi) is 4.91. The Labute approximate surface area is 109 Å². The van der Waals surface area contributed by atoms with Crippen molar-refractivity contribution in [1.29, 1.82) is 0 Å². The van der Waals surface area contributed by atoms with Crippen LogP contribution in [0.3, 0.4) is 0 Å². The summed E-state index contributed by atoms with van der Waals surface area (Å²) >= 11 is 6.86. The first kappa shape index (κ1) is 13.3. The molecule has 1 unspecified atom stereocenters. The third-order valence-corrected chi connectivity index (χ3v) is 4.81. The quantitative estimate of drug-likeness (QED) is 0.675. The number of hydrogen-bond acceptors (Lipinski definition) is 1. The maximum absolute atomic E-state index is 5.74. The van der Waals surface area contributed by atoms with Gasteiger partial charge < -0.3 is 4.42 Å². The van der Waals surface area contributed by atoms with Gasteiger partial charge >= 0.3 is 0 Å². The van der Waals surface area contributed by atoms with Crippen LogP contribution in [0.4, 0.5) is 0 Å². The van der Waals surface area contributed by atoms with Gasteiger partial charge in [-0.3, -0.25) is 0 Å². The highest BCUT2D eigenvalue weighted by Gasteiger charge is 2.28. The molecule has 0 radical (unpaired) electrons. The molecule has 86 valence electrons. The van der Waals surface area contributed by atoms with Crippen LogP contribution >= 0.6 is 31.9 Å². The van der Waals surface area contributed by atoms with E-state index in [1.807, 2.05) is 0 Å². The Bertz CT molecular complexity index is 300. The second-order valence-electron chi connectivity index (χ2n) is 4.25. The average molecular weight is 338 g/mol. The molecule has 0 bridgehead atoms. The fourth-order valence-electron chi connectivity index (χ4n) is 1.69. The van der Waals surface area contributed by atoms with E-state index < -0.39 is 0 Å². The Hall–Kier alpha value is 0.240. The van der Waals surface area contributed by atoms with Crippen molar-refractivity contribution in [3.8, 4) is 0 Å². The van der Waals surface area contributed by atoms with Crippen LogP contribution in [-0.2, 0) is 5.41 Å². The Morgan fingerprint density at radius 2 is 2.00 bits per heavy atom. The zero-order valence-corrected chi connectivity index (χ0v) is 12.7. The molecule has 3 heteroatoms. The molecule has 0 aliphatic carbocycles. The first-order valence-corrected chi connectivity index (χ1v) is 7.07. The summed E-state index contributed by atoms with van der Waals surface area (Å²) in [6, 6.07) is 2.09. The van der Waals surface area contributed by atoms with E-state index in [4.69, 9.17) is 4.42 Å². The molecular weight excluding hydrogens is 320 g/mol. The zero-order chi connectivity index (χ0) is 11.5. The highest BCUT2D eigenvalue weighted by atomic mass is 79.9. The smallest absolute Gasteiger partial charge is 0.183 e.